The zero-order valence-corrected chi connectivity index (χ0v) is 16.7. The number of halogens is 2. The molecule has 1 N–H and O–H groups in total. The van der Waals surface area contributed by atoms with E-state index in [0.29, 0.717) is 18.5 Å². The lowest BCUT2D eigenvalue weighted by atomic mass is 9.98. The number of fused-ring (bicyclic) bond motifs is 3. The third-order valence-corrected chi connectivity index (χ3v) is 5.19. The Hall–Kier alpha value is -3.36. The van der Waals surface area contributed by atoms with E-state index in [0.717, 1.165) is 17.3 Å². The molecule has 1 aromatic heterocycles. The number of carbonyl (C=O) groups excluding carboxylic acids is 1. The van der Waals surface area contributed by atoms with Gasteiger partial charge in [0.1, 0.15) is 17.6 Å². The highest BCUT2D eigenvalue weighted by atomic mass is 35.5. The second kappa shape index (κ2) is 8.98. The van der Waals surface area contributed by atoms with Crippen molar-refractivity contribution in [1.82, 2.24) is 10.3 Å². The molecule has 0 unspecified atom stereocenters. The third kappa shape index (κ3) is 4.29. The van der Waals surface area contributed by atoms with Crippen molar-refractivity contribution >= 4 is 17.7 Å². The zero-order chi connectivity index (χ0) is 20.9. The standard InChI is InChI=1S/C24H18ClFN2O2/c25-23-16(13-17(26)14-28-23)7-5-6-12-27-24(29)30-15-22-20-10-3-1-8-18(20)19-9-2-4-11-21(19)22/h1-4,8-11,13-14,22H,6,12,15H2,(H,27,29). The summed E-state index contributed by atoms with van der Waals surface area (Å²) in [6, 6.07) is 17.6. The molecule has 6 heteroatoms. The quantitative estimate of drug-likeness (QED) is 0.360. The fourth-order valence-electron chi connectivity index (χ4n) is 3.54. The average molecular weight is 421 g/mol. The summed E-state index contributed by atoms with van der Waals surface area (Å²) in [5.41, 5.74) is 5.01. The molecule has 0 bridgehead atoms. The second-order valence-electron chi connectivity index (χ2n) is 6.80. The first kappa shape index (κ1) is 19.9. The van der Waals surface area contributed by atoms with E-state index in [2.05, 4.69) is 46.4 Å². The summed E-state index contributed by atoms with van der Waals surface area (Å²) in [6.45, 7) is 0.570. The molecule has 4 nitrogen and oxygen atoms in total. The van der Waals surface area contributed by atoms with Crippen LogP contribution in [0.25, 0.3) is 11.1 Å². The normalized spacial score (nSPS) is 11.8. The smallest absolute Gasteiger partial charge is 0.407 e. The predicted molar refractivity (Wildman–Crippen MR) is 114 cm³/mol. The van der Waals surface area contributed by atoms with Crippen LogP contribution < -0.4 is 5.32 Å². The van der Waals surface area contributed by atoms with Crippen molar-refractivity contribution in [3.05, 3.63) is 88.5 Å². The monoisotopic (exact) mass is 420 g/mol. The number of hydrogen-bond donors (Lipinski definition) is 1. The maximum absolute atomic E-state index is 13.2. The van der Waals surface area contributed by atoms with Gasteiger partial charge in [-0.15, -0.1) is 0 Å². The molecule has 2 aromatic carbocycles. The van der Waals surface area contributed by atoms with E-state index in [-0.39, 0.29) is 17.7 Å². The molecule has 4 rings (SSSR count). The van der Waals surface area contributed by atoms with E-state index in [1.54, 1.807) is 0 Å². The van der Waals surface area contributed by atoms with Crippen LogP contribution in [-0.2, 0) is 4.74 Å². The number of pyridine rings is 1. The van der Waals surface area contributed by atoms with Crippen molar-refractivity contribution in [3.8, 4) is 23.0 Å². The first-order valence-electron chi connectivity index (χ1n) is 9.52. The molecule has 1 aliphatic rings. The SMILES string of the molecule is O=C(NCCC#Cc1cc(F)cnc1Cl)OCC1c2ccccc2-c2ccccc21. The second-order valence-corrected chi connectivity index (χ2v) is 7.15. The maximum Gasteiger partial charge on any atom is 0.407 e. The number of nitrogens with zero attached hydrogens (tertiary/aromatic N) is 1. The van der Waals surface area contributed by atoms with Crippen molar-refractivity contribution in [2.45, 2.75) is 12.3 Å². The van der Waals surface area contributed by atoms with Crippen LogP contribution in [0, 0.1) is 17.7 Å². The highest BCUT2D eigenvalue weighted by Gasteiger charge is 2.28. The Balaban J connectivity index is 1.30. The minimum absolute atomic E-state index is 0.0190. The molecule has 150 valence electrons. The topological polar surface area (TPSA) is 51.2 Å². The molecule has 0 spiro atoms. The highest BCUT2D eigenvalue weighted by Crippen LogP contribution is 2.44. The van der Waals surface area contributed by atoms with Crippen LogP contribution in [0.1, 0.15) is 29.0 Å². The van der Waals surface area contributed by atoms with Gasteiger partial charge in [-0.3, -0.25) is 0 Å². The van der Waals surface area contributed by atoms with Gasteiger partial charge in [-0.1, -0.05) is 72.0 Å². The molecule has 0 atom stereocenters. The number of ether oxygens (including phenoxy) is 1. The van der Waals surface area contributed by atoms with Gasteiger partial charge in [0.2, 0.25) is 0 Å². The average Bonchev–Trinajstić information content (AvgIpc) is 3.08. The largest absolute Gasteiger partial charge is 0.449 e. The van der Waals surface area contributed by atoms with Crippen LogP contribution in [-0.4, -0.2) is 24.2 Å². The van der Waals surface area contributed by atoms with Crippen molar-refractivity contribution in [3.63, 3.8) is 0 Å². The van der Waals surface area contributed by atoms with E-state index in [9.17, 15) is 9.18 Å². The lowest BCUT2D eigenvalue weighted by Gasteiger charge is -2.14. The van der Waals surface area contributed by atoms with Gasteiger partial charge in [-0.05, 0) is 28.3 Å². The number of alkyl carbamates (subject to hydrolysis) is 1. The van der Waals surface area contributed by atoms with Gasteiger partial charge in [0.25, 0.3) is 0 Å². The molecule has 0 fully saturated rings. The summed E-state index contributed by atoms with van der Waals surface area (Å²) < 4.78 is 18.6. The number of benzene rings is 2. The lowest BCUT2D eigenvalue weighted by molar-refractivity contribution is 0.143. The number of amides is 1. The number of hydrogen-bond acceptors (Lipinski definition) is 3. The van der Waals surface area contributed by atoms with Crippen LogP contribution in [0.15, 0.2) is 60.8 Å². The van der Waals surface area contributed by atoms with Gasteiger partial charge in [0.15, 0.2) is 0 Å². The Labute approximate surface area is 179 Å². The van der Waals surface area contributed by atoms with Crippen LogP contribution in [0.4, 0.5) is 9.18 Å². The van der Waals surface area contributed by atoms with E-state index >= 15 is 0 Å². The molecule has 1 aliphatic carbocycles. The molecule has 1 amide bonds. The minimum atomic E-state index is -0.500. The van der Waals surface area contributed by atoms with Crippen molar-refractivity contribution in [1.29, 1.82) is 0 Å². The van der Waals surface area contributed by atoms with Crippen molar-refractivity contribution in [2.24, 2.45) is 0 Å². The number of nitrogens with one attached hydrogen (secondary N) is 1. The highest BCUT2D eigenvalue weighted by molar-refractivity contribution is 6.30. The first-order valence-corrected chi connectivity index (χ1v) is 9.90. The lowest BCUT2D eigenvalue weighted by Crippen LogP contribution is -2.26. The van der Waals surface area contributed by atoms with Crippen molar-refractivity contribution < 1.29 is 13.9 Å². The molecule has 0 saturated carbocycles. The molecule has 0 saturated heterocycles. The summed E-state index contributed by atoms with van der Waals surface area (Å²) in [5.74, 6) is 5.11. The Bertz CT molecular complexity index is 1110. The summed E-state index contributed by atoms with van der Waals surface area (Å²) in [5, 5.41) is 2.83. The zero-order valence-electron chi connectivity index (χ0n) is 16.0. The minimum Gasteiger partial charge on any atom is -0.449 e. The molecule has 30 heavy (non-hydrogen) atoms. The summed E-state index contributed by atoms with van der Waals surface area (Å²) in [7, 11) is 0. The van der Waals surface area contributed by atoms with Gasteiger partial charge >= 0.3 is 6.09 Å². The number of rotatable bonds is 4. The van der Waals surface area contributed by atoms with Gasteiger partial charge in [0, 0.05) is 18.9 Å². The van der Waals surface area contributed by atoms with Crippen LogP contribution in [0.2, 0.25) is 5.15 Å². The van der Waals surface area contributed by atoms with Crippen LogP contribution >= 0.6 is 11.6 Å². The fourth-order valence-corrected chi connectivity index (χ4v) is 3.70. The van der Waals surface area contributed by atoms with Crippen molar-refractivity contribution in [2.75, 3.05) is 13.2 Å². The fraction of sp³-hybridized carbons (Fsp3) is 0.167. The van der Waals surface area contributed by atoms with Gasteiger partial charge < -0.3 is 10.1 Å². The van der Waals surface area contributed by atoms with E-state index in [1.165, 1.54) is 17.2 Å². The van der Waals surface area contributed by atoms with Gasteiger partial charge in [0.05, 0.1) is 11.8 Å². The Morgan fingerprint density at radius 1 is 1.13 bits per heavy atom. The van der Waals surface area contributed by atoms with E-state index in [4.69, 9.17) is 16.3 Å². The third-order valence-electron chi connectivity index (χ3n) is 4.89. The molecule has 1 heterocycles. The van der Waals surface area contributed by atoms with Crippen LogP contribution in [0.3, 0.4) is 0 Å². The van der Waals surface area contributed by atoms with Gasteiger partial charge in [-0.2, -0.15) is 0 Å². The predicted octanol–water partition coefficient (Wildman–Crippen LogP) is 5.15. The van der Waals surface area contributed by atoms with E-state index < -0.39 is 11.9 Å². The molecular weight excluding hydrogens is 403 g/mol. The Kier molecular flexibility index (Phi) is 5.97. The Morgan fingerprint density at radius 3 is 2.50 bits per heavy atom. The first-order chi connectivity index (χ1) is 14.6. The molecule has 3 aromatic rings. The molecule has 0 radical (unpaired) electrons. The molecule has 0 aliphatic heterocycles. The molecular formula is C24H18ClFN2O2. The summed E-state index contributed by atoms with van der Waals surface area (Å²) in [6.07, 6.45) is 0.910. The summed E-state index contributed by atoms with van der Waals surface area (Å²) in [4.78, 5) is 15.8. The number of aromatic nitrogens is 1. The van der Waals surface area contributed by atoms with Gasteiger partial charge in [-0.25, -0.2) is 14.2 Å². The number of carbonyl (C=O) groups is 1. The maximum atomic E-state index is 13.2. The Morgan fingerprint density at radius 2 is 1.80 bits per heavy atom. The summed E-state index contributed by atoms with van der Waals surface area (Å²) >= 11 is 5.86. The van der Waals surface area contributed by atoms with E-state index in [1.807, 2.05) is 24.3 Å². The van der Waals surface area contributed by atoms with Crippen LogP contribution in [0.5, 0.6) is 0 Å².